The van der Waals surface area contributed by atoms with E-state index in [1.165, 1.54) is 20.1 Å². The molecule has 0 aliphatic carbocycles. The first-order chi connectivity index (χ1) is 18.8. The zero-order valence-corrected chi connectivity index (χ0v) is 20.8. The van der Waals surface area contributed by atoms with E-state index < -0.39 is 94.4 Å². The molecule has 1 fully saturated rings. The fourth-order valence-corrected chi connectivity index (χ4v) is 4.14. The highest BCUT2D eigenvalue weighted by Gasteiger charge is 2.47. The van der Waals surface area contributed by atoms with Crippen LogP contribution < -0.4 is 14.9 Å². The summed E-state index contributed by atoms with van der Waals surface area (Å²) >= 11 is 0. The molecule has 0 saturated carbocycles. The van der Waals surface area contributed by atoms with Gasteiger partial charge in [-0.15, -0.1) is 0 Å². The molecule has 40 heavy (non-hydrogen) atoms. The monoisotopic (exact) mass is 564 g/mol. The van der Waals surface area contributed by atoms with Crippen LogP contribution in [0.4, 0.5) is 0 Å². The number of carboxylic acid groups (broad SMARTS) is 1. The third kappa shape index (κ3) is 5.25. The van der Waals surface area contributed by atoms with Crippen molar-refractivity contribution >= 4 is 22.9 Å². The standard InChI is InChI=1S/C25H24O15/c1-8-22(39-16(31)7-15(29)30)20(34)21(35)25(37-8)40-24-19(33)17-11(27)5-10(26)6-13(17)38-23(24)9-3-12(28)18(32)14(4-9)36-2/h3-6,8,20-22,25-28,32,34-35H,7H2,1-2H3,(H,29,30)/t8-,20-,21-,22-,25-/m0/s1. The lowest BCUT2D eigenvalue weighted by molar-refractivity contribution is -0.272. The summed E-state index contributed by atoms with van der Waals surface area (Å²) < 4.78 is 26.9. The van der Waals surface area contributed by atoms with E-state index in [0.717, 1.165) is 18.2 Å². The number of esters is 1. The van der Waals surface area contributed by atoms with Crippen LogP contribution >= 0.6 is 0 Å². The number of phenolic OH excluding ortho intramolecular Hbond substituents is 4. The number of carbonyl (C=O) groups excluding carboxylic acids is 1. The molecule has 2 heterocycles. The molecule has 1 aromatic heterocycles. The lowest BCUT2D eigenvalue weighted by Gasteiger charge is -2.40. The predicted molar refractivity (Wildman–Crippen MR) is 130 cm³/mol. The van der Waals surface area contributed by atoms with Crippen LogP contribution in [0.3, 0.4) is 0 Å². The van der Waals surface area contributed by atoms with Gasteiger partial charge in [-0.25, -0.2) is 0 Å². The number of carboxylic acids is 1. The van der Waals surface area contributed by atoms with Gasteiger partial charge in [-0.05, 0) is 19.1 Å². The smallest absolute Gasteiger partial charge is 0.317 e. The van der Waals surface area contributed by atoms with Crippen LogP contribution in [-0.4, -0.2) is 85.5 Å². The molecule has 1 saturated heterocycles. The number of phenols is 4. The Morgan fingerprint density at radius 1 is 1.00 bits per heavy atom. The van der Waals surface area contributed by atoms with Gasteiger partial charge >= 0.3 is 11.9 Å². The Kier molecular flexibility index (Phi) is 7.63. The average molecular weight is 564 g/mol. The summed E-state index contributed by atoms with van der Waals surface area (Å²) in [6.45, 7) is 1.32. The molecular formula is C25H24O15. The summed E-state index contributed by atoms with van der Waals surface area (Å²) in [5, 5.41) is 70.0. The Bertz CT molecular complexity index is 1530. The second kappa shape index (κ2) is 10.8. The van der Waals surface area contributed by atoms with Crippen molar-refractivity contribution in [2.75, 3.05) is 7.11 Å². The first kappa shape index (κ1) is 28.3. The van der Waals surface area contributed by atoms with Crippen LogP contribution in [0.15, 0.2) is 33.5 Å². The van der Waals surface area contributed by atoms with E-state index in [4.69, 9.17) is 28.5 Å². The summed E-state index contributed by atoms with van der Waals surface area (Å²) in [7, 11) is 1.19. The lowest BCUT2D eigenvalue weighted by atomic mass is 9.99. The molecule has 0 bridgehead atoms. The van der Waals surface area contributed by atoms with Gasteiger partial charge < -0.3 is 59.1 Å². The summed E-state index contributed by atoms with van der Waals surface area (Å²) in [5.41, 5.74) is -1.42. The molecule has 15 nitrogen and oxygen atoms in total. The largest absolute Gasteiger partial charge is 0.508 e. The van der Waals surface area contributed by atoms with Crippen molar-refractivity contribution in [1.29, 1.82) is 0 Å². The Labute approximate surface area is 223 Å². The molecule has 0 radical (unpaired) electrons. The van der Waals surface area contributed by atoms with Crippen LogP contribution in [0.1, 0.15) is 13.3 Å². The number of ether oxygens (including phenoxy) is 4. The fraction of sp³-hybridized carbons (Fsp3) is 0.320. The van der Waals surface area contributed by atoms with Gasteiger partial charge in [0.05, 0.1) is 13.2 Å². The molecule has 2 aromatic carbocycles. The molecule has 7 N–H and O–H groups in total. The van der Waals surface area contributed by atoms with E-state index in [-0.39, 0.29) is 16.9 Å². The van der Waals surface area contributed by atoms with Crippen molar-refractivity contribution < 1.29 is 68.7 Å². The van der Waals surface area contributed by atoms with Crippen LogP contribution in [-0.2, 0) is 19.1 Å². The van der Waals surface area contributed by atoms with E-state index >= 15 is 0 Å². The zero-order valence-electron chi connectivity index (χ0n) is 20.8. The Morgan fingerprint density at radius 3 is 2.35 bits per heavy atom. The maximum absolute atomic E-state index is 13.5. The summed E-state index contributed by atoms with van der Waals surface area (Å²) in [6, 6.07) is 4.05. The number of rotatable bonds is 7. The second-order valence-corrected chi connectivity index (χ2v) is 8.81. The highest BCUT2D eigenvalue weighted by Crippen LogP contribution is 2.43. The van der Waals surface area contributed by atoms with Crippen molar-refractivity contribution in [3.63, 3.8) is 0 Å². The number of carbonyl (C=O) groups is 2. The molecule has 0 unspecified atom stereocenters. The van der Waals surface area contributed by atoms with Gasteiger partial charge in [0.1, 0.15) is 41.1 Å². The van der Waals surface area contributed by atoms with Gasteiger partial charge in [0.2, 0.25) is 23.2 Å². The molecule has 0 amide bonds. The van der Waals surface area contributed by atoms with Crippen molar-refractivity contribution in [1.82, 2.24) is 0 Å². The minimum absolute atomic E-state index is 0.0941. The Morgan fingerprint density at radius 2 is 1.70 bits per heavy atom. The zero-order chi connectivity index (χ0) is 29.5. The van der Waals surface area contributed by atoms with Crippen LogP contribution in [0.25, 0.3) is 22.3 Å². The van der Waals surface area contributed by atoms with E-state index in [9.17, 15) is 45.0 Å². The second-order valence-electron chi connectivity index (χ2n) is 8.81. The van der Waals surface area contributed by atoms with E-state index in [1.54, 1.807) is 0 Å². The summed E-state index contributed by atoms with van der Waals surface area (Å²) in [5.74, 6) is -6.46. The Balaban J connectivity index is 1.80. The molecule has 5 atom stereocenters. The molecule has 1 aliphatic rings. The van der Waals surface area contributed by atoms with E-state index in [1.807, 2.05) is 0 Å². The first-order valence-electron chi connectivity index (χ1n) is 11.5. The number of aliphatic hydroxyl groups excluding tert-OH is 2. The molecular weight excluding hydrogens is 540 g/mol. The summed E-state index contributed by atoms with van der Waals surface area (Å²) in [4.78, 5) is 36.1. The lowest BCUT2D eigenvalue weighted by Crippen LogP contribution is -2.59. The average Bonchev–Trinajstić information content (AvgIpc) is 2.87. The molecule has 214 valence electrons. The number of aliphatic hydroxyl groups is 2. The van der Waals surface area contributed by atoms with Gasteiger partial charge in [0, 0.05) is 17.7 Å². The van der Waals surface area contributed by atoms with Gasteiger partial charge in [0.25, 0.3) is 0 Å². The minimum Gasteiger partial charge on any atom is -0.508 e. The number of methoxy groups -OCH3 is 1. The van der Waals surface area contributed by atoms with Gasteiger partial charge in [-0.1, -0.05) is 0 Å². The van der Waals surface area contributed by atoms with Crippen molar-refractivity contribution in [2.45, 2.75) is 44.1 Å². The maximum atomic E-state index is 13.5. The van der Waals surface area contributed by atoms with Crippen LogP contribution in [0.2, 0.25) is 0 Å². The maximum Gasteiger partial charge on any atom is 0.317 e. The van der Waals surface area contributed by atoms with Crippen LogP contribution in [0.5, 0.6) is 34.5 Å². The molecule has 4 rings (SSSR count). The predicted octanol–water partition coefficient (Wildman–Crippen LogP) is 0.523. The van der Waals surface area contributed by atoms with Crippen molar-refractivity contribution in [3.05, 3.63) is 34.5 Å². The molecule has 0 spiro atoms. The highest BCUT2D eigenvalue weighted by atomic mass is 16.7. The SMILES string of the molecule is COc1cc(-c2oc3cc(O)cc(O)c3c(=O)c2O[C@@H]2O[C@@H](C)[C@H](OC(=O)CC(=O)O)[C@@H](O)[C@@H]2O)cc(O)c1O. The molecule has 3 aromatic rings. The number of aromatic hydroxyl groups is 4. The van der Waals surface area contributed by atoms with Gasteiger partial charge in [-0.2, -0.15) is 0 Å². The van der Waals surface area contributed by atoms with Crippen LogP contribution in [0, 0.1) is 0 Å². The van der Waals surface area contributed by atoms with Gasteiger partial charge in [0.15, 0.2) is 23.4 Å². The van der Waals surface area contributed by atoms with Crippen molar-refractivity contribution in [2.24, 2.45) is 0 Å². The van der Waals surface area contributed by atoms with Crippen molar-refractivity contribution in [3.8, 4) is 45.8 Å². The number of aliphatic carboxylic acids is 1. The highest BCUT2D eigenvalue weighted by molar-refractivity contribution is 5.90. The third-order valence-corrected chi connectivity index (χ3v) is 6.03. The number of hydrogen-bond acceptors (Lipinski definition) is 14. The molecule has 15 heteroatoms. The van der Waals surface area contributed by atoms with E-state index in [2.05, 4.69) is 0 Å². The summed E-state index contributed by atoms with van der Waals surface area (Å²) in [6.07, 6.45) is -9.30. The van der Waals surface area contributed by atoms with Gasteiger partial charge in [-0.3, -0.25) is 14.4 Å². The normalized spacial score (nSPS) is 22.6. The fourth-order valence-electron chi connectivity index (χ4n) is 4.14. The number of benzene rings is 2. The third-order valence-electron chi connectivity index (χ3n) is 6.03. The first-order valence-corrected chi connectivity index (χ1v) is 11.5. The quantitative estimate of drug-likeness (QED) is 0.117. The molecule has 1 aliphatic heterocycles. The minimum atomic E-state index is -1.96. The number of fused-ring (bicyclic) bond motifs is 1. The number of hydrogen-bond donors (Lipinski definition) is 7. The topological polar surface area (TPSA) is 243 Å². The van der Waals surface area contributed by atoms with E-state index in [0.29, 0.717) is 0 Å². The Hall–Kier alpha value is -4.73.